The molecule has 1 rings (SSSR count). The Hall–Kier alpha value is -1.44. The van der Waals surface area contributed by atoms with Gasteiger partial charge in [0.1, 0.15) is 6.04 Å². The van der Waals surface area contributed by atoms with Gasteiger partial charge in [0.05, 0.1) is 11.5 Å². The van der Waals surface area contributed by atoms with Crippen LogP contribution in [0.5, 0.6) is 0 Å². The maximum Gasteiger partial charge on any atom is 0.324 e. The summed E-state index contributed by atoms with van der Waals surface area (Å²) in [5.74, 6) is -1.43. The molecular formula is C9H11NO5S. The van der Waals surface area contributed by atoms with Crippen LogP contribution >= 0.6 is 0 Å². The second-order valence-electron chi connectivity index (χ2n) is 3.01. The van der Waals surface area contributed by atoms with Crippen LogP contribution in [0.15, 0.2) is 35.2 Å². The van der Waals surface area contributed by atoms with E-state index < -0.39 is 28.6 Å². The number of nitrogens with one attached hydrogen (secondary N) is 1. The fourth-order valence-electron chi connectivity index (χ4n) is 1.02. The fraction of sp³-hybridized carbons (Fsp3) is 0.222. The average Bonchev–Trinajstić information content (AvgIpc) is 2.27. The molecule has 3 N–H and O–H groups in total. The van der Waals surface area contributed by atoms with Gasteiger partial charge in [0.25, 0.3) is 0 Å². The Bertz CT molecular complexity index is 456. The smallest absolute Gasteiger partial charge is 0.324 e. The first-order valence-electron chi connectivity index (χ1n) is 4.38. The molecule has 0 spiro atoms. The van der Waals surface area contributed by atoms with Crippen molar-refractivity contribution in [1.82, 2.24) is 4.72 Å². The SMILES string of the molecule is O=C(O)C(CO)NS(=O)(=O)c1ccccc1. The quantitative estimate of drug-likeness (QED) is 0.643. The Balaban J connectivity index is 2.92. The second kappa shape index (κ2) is 5.06. The van der Waals surface area contributed by atoms with Gasteiger partial charge in [-0.25, -0.2) is 8.42 Å². The van der Waals surface area contributed by atoms with Crippen molar-refractivity contribution in [2.24, 2.45) is 0 Å². The lowest BCUT2D eigenvalue weighted by molar-refractivity contribution is -0.139. The highest BCUT2D eigenvalue weighted by Crippen LogP contribution is 2.07. The first-order chi connectivity index (χ1) is 7.47. The maximum atomic E-state index is 11.6. The number of aliphatic carboxylic acids is 1. The van der Waals surface area contributed by atoms with Crippen LogP contribution in [0.2, 0.25) is 0 Å². The zero-order valence-corrected chi connectivity index (χ0v) is 9.02. The van der Waals surface area contributed by atoms with Crippen LogP contribution in [0.25, 0.3) is 0 Å². The van der Waals surface area contributed by atoms with Crippen LogP contribution in [-0.2, 0) is 14.8 Å². The third kappa shape index (κ3) is 3.02. The van der Waals surface area contributed by atoms with Gasteiger partial charge in [-0.1, -0.05) is 18.2 Å². The van der Waals surface area contributed by atoms with Gasteiger partial charge in [-0.15, -0.1) is 0 Å². The van der Waals surface area contributed by atoms with Crippen molar-refractivity contribution in [2.45, 2.75) is 10.9 Å². The Morgan fingerprint density at radius 1 is 1.31 bits per heavy atom. The largest absolute Gasteiger partial charge is 0.480 e. The average molecular weight is 245 g/mol. The number of hydrogen-bond donors (Lipinski definition) is 3. The number of aliphatic hydroxyl groups excluding tert-OH is 1. The van der Waals surface area contributed by atoms with Crippen LogP contribution in [0, 0.1) is 0 Å². The first-order valence-corrected chi connectivity index (χ1v) is 5.86. The number of carboxylic acid groups (broad SMARTS) is 1. The zero-order valence-electron chi connectivity index (χ0n) is 8.20. The van der Waals surface area contributed by atoms with Gasteiger partial charge >= 0.3 is 5.97 Å². The van der Waals surface area contributed by atoms with Gasteiger partial charge in [-0.3, -0.25) is 4.79 Å². The highest BCUT2D eigenvalue weighted by Gasteiger charge is 2.24. The van der Waals surface area contributed by atoms with E-state index in [-0.39, 0.29) is 4.90 Å². The lowest BCUT2D eigenvalue weighted by Gasteiger charge is -2.11. The molecule has 7 heteroatoms. The van der Waals surface area contributed by atoms with Crippen LogP contribution in [0.4, 0.5) is 0 Å². The van der Waals surface area contributed by atoms with Gasteiger partial charge in [-0.2, -0.15) is 4.72 Å². The van der Waals surface area contributed by atoms with Crippen molar-refractivity contribution in [2.75, 3.05) is 6.61 Å². The van der Waals surface area contributed by atoms with Crippen molar-refractivity contribution >= 4 is 16.0 Å². The number of hydrogen-bond acceptors (Lipinski definition) is 4. The van der Waals surface area contributed by atoms with Gasteiger partial charge in [-0.05, 0) is 12.1 Å². The molecule has 16 heavy (non-hydrogen) atoms. The van der Waals surface area contributed by atoms with Crippen molar-refractivity contribution < 1.29 is 23.4 Å². The number of carboxylic acids is 1. The summed E-state index contributed by atoms with van der Waals surface area (Å²) in [5.41, 5.74) is 0. The third-order valence-electron chi connectivity index (χ3n) is 1.83. The summed E-state index contributed by atoms with van der Waals surface area (Å²) in [7, 11) is -3.91. The molecule has 0 aliphatic carbocycles. The van der Waals surface area contributed by atoms with E-state index in [0.29, 0.717) is 0 Å². The predicted molar refractivity (Wildman–Crippen MR) is 55.3 cm³/mol. The molecular weight excluding hydrogens is 234 g/mol. The lowest BCUT2D eigenvalue weighted by atomic mass is 10.3. The molecule has 1 aromatic rings. The van der Waals surface area contributed by atoms with Crippen molar-refractivity contribution in [1.29, 1.82) is 0 Å². The monoisotopic (exact) mass is 245 g/mol. The molecule has 1 unspecified atom stereocenters. The minimum absolute atomic E-state index is 0.0466. The molecule has 88 valence electrons. The molecule has 0 fully saturated rings. The Kier molecular flexibility index (Phi) is 3.99. The van der Waals surface area contributed by atoms with E-state index in [4.69, 9.17) is 10.2 Å². The highest BCUT2D eigenvalue weighted by atomic mass is 32.2. The van der Waals surface area contributed by atoms with E-state index >= 15 is 0 Å². The third-order valence-corrected chi connectivity index (χ3v) is 3.32. The number of carbonyl (C=O) groups is 1. The summed E-state index contributed by atoms with van der Waals surface area (Å²) in [6, 6.07) is 5.80. The van der Waals surface area contributed by atoms with Crippen LogP contribution in [-0.4, -0.2) is 37.2 Å². The first kappa shape index (κ1) is 12.6. The van der Waals surface area contributed by atoms with Crippen LogP contribution in [0.3, 0.4) is 0 Å². The van der Waals surface area contributed by atoms with E-state index in [1.165, 1.54) is 24.3 Å². The predicted octanol–water partition coefficient (Wildman–Crippen LogP) is -0.590. The van der Waals surface area contributed by atoms with Gasteiger partial charge in [0, 0.05) is 0 Å². The van der Waals surface area contributed by atoms with Gasteiger partial charge in [0.15, 0.2) is 0 Å². The molecule has 1 atom stereocenters. The number of benzene rings is 1. The van der Waals surface area contributed by atoms with Crippen molar-refractivity contribution in [3.8, 4) is 0 Å². The standard InChI is InChI=1S/C9H11NO5S/c11-6-8(9(12)13)10-16(14,15)7-4-2-1-3-5-7/h1-5,8,10-11H,6H2,(H,12,13). The molecule has 0 amide bonds. The summed E-state index contributed by atoms with van der Waals surface area (Å²) >= 11 is 0. The topological polar surface area (TPSA) is 104 Å². The second-order valence-corrected chi connectivity index (χ2v) is 4.72. The molecule has 6 nitrogen and oxygen atoms in total. The molecule has 0 saturated carbocycles. The van der Waals surface area contributed by atoms with E-state index in [2.05, 4.69) is 0 Å². The van der Waals surface area contributed by atoms with Crippen LogP contribution in [0.1, 0.15) is 0 Å². The molecule has 0 bridgehead atoms. The maximum absolute atomic E-state index is 11.6. The van der Waals surface area contributed by atoms with E-state index in [1.54, 1.807) is 6.07 Å². The van der Waals surface area contributed by atoms with E-state index in [9.17, 15) is 13.2 Å². The fourth-order valence-corrected chi connectivity index (χ4v) is 2.22. The molecule has 0 radical (unpaired) electrons. The molecule has 1 aromatic carbocycles. The lowest BCUT2D eigenvalue weighted by Crippen LogP contribution is -2.43. The van der Waals surface area contributed by atoms with E-state index in [1.807, 2.05) is 4.72 Å². The summed E-state index contributed by atoms with van der Waals surface area (Å²) in [5, 5.41) is 17.3. The Morgan fingerprint density at radius 2 is 1.88 bits per heavy atom. The van der Waals surface area contributed by atoms with Gasteiger partial charge < -0.3 is 10.2 Å². The number of rotatable bonds is 5. The van der Waals surface area contributed by atoms with Gasteiger partial charge in [0.2, 0.25) is 10.0 Å². The summed E-state index contributed by atoms with van der Waals surface area (Å²) in [6.07, 6.45) is 0. The summed E-state index contributed by atoms with van der Waals surface area (Å²) in [6.45, 7) is -0.804. The Morgan fingerprint density at radius 3 is 2.31 bits per heavy atom. The summed E-state index contributed by atoms with van der Waals surface area (Å²) < 4.78 is 25.1. The minimum atomic E-state index is -3.91. The molecule has 0 aromatic heterocycles. The molecule has 0 aliphatic heterocycles. The zero-order chi connectivity index (χ0) is 12.2. The number of sulfonamides is 1. The van der Waals surface area contributed by atoms with E-state index in [0.717, 1.165) is 0 Å². The Labute approximate surface area is 92.6 Å². The normalized spacial score (nSPS) is 13.3. The van der Waals surface area contributed by atoms with Crippen molar-refractivity contribution in [3.05, 3.63) is 30.3 Å². The van der Waals surface area contributed by atoms with Crippen LogP contribution < -0.4 is 4.72 Å². The number of aliphatic hydroxyl groups is 1. The summed E-state index contributed by atoms with van der Waals surface area (Å²) in [4.78, 5) is 10.5. The molecule has 0 saturated heterocycles. The highest BCUT2D eigenvalue weighted by molar-refractivity contribution is 7.89. The molecule has 0 aliphatic rings. The molecule has 0 heterocycles. The van der Waals surface area contributed by atoms with Crippen molar-refractivity contribution in [3.63, 3.8) is 0 Å². The minimum Gasteiger partial charge on any atom is -0.480 e.